The smallest absolute Gasteiger partial charge is 0.223 e. The second-order valence-corrected chi connectivity index (χ2v) is 9.49. The summed E-state index contributed by atoms with van der Waals surface area (Å²) in [5.41, 5.74) is 7.39. The zero-order valence-corrected chi connectivity index (χ0v) is 20.6. The maximum atomic E-state index is 4.90. The summed E-state index contributed by atoms with van der Waals surface area (Å²) >= 11 is 0. The monoisotopic (exact) mass is 478 g/mol. The Morgan fingerprint density at radius 3 is 2.58 bits per heavy atom. The summed E-state index contributed by atoms with van der Waals surface area (Å²) in [7, 11) is 2.17. The topological polar surface area (TPSA) is 83.0 Å². The Hall–Kier alpha value is -3.91. The highest BCUT2D eigenvalue weighted by Gasteiger charge is 2.17. The highest BCUT2D eigenvalue weighted by molar-refractivity contribution is 5.86. The fraction of sp³-hybridized carbons (Fsp3) is 0.321. The Bertz CT molecular complexity index is 1390. The van der Waals surface area contributed by atoms with Crippen LogP contribution in [0.15, 0.2) is 61.2 Å². The molecular weight excluding hydrogens is 448 g/mol. The van der Waals surface area contributed by atoms with Gasteiger partial charge in [-0.25, -0.2) is 15.0 Å². The first-order valence-corrected chi connectivity index (χ1v) is 12.6. The SMILES string of the molecule is CN1CCN(c2ccc(CNc3ncc4c(n3)CCCC=C4c3ccc4nccnc4c3)cn2)CC1. The van der Waals surface area contributed by atoms with Crippen LogP contribution in [-0.4, -0.2) is 63.0 Å². The number of anilines is 2. The Labute approximate surface area is 211 Å². The fourth-order valence-corrected chi connectivity index (χ4v) is 4.87. The van der Waals surface area contributed by atoms with Gasteiger partial charge in [-0.15, -0.1) is 0 Å². The number of piperazine rings is 1. The number of allylic oxidation sites excluding steroid dienone is 1. The summed E-state index contributed by atoms with van der Waals surface area (Å²) < 4.78 is 0. The fourth-order valence-electron chi connectivity index (χ4n) is 4.87. The van der Waals surface area contributed by atoms with Gasteiger partial charge in [0.25, 0.3) is 0 Å². The highest BCUT2D eigenvalue weighted by Crippen LogP contribution is 2.31. The van der Waals surface area contributed by atoms with Gasteiger partial charge in [0.1, 0.15) is 5.82 Å². The predicted octanol–water partition coefficient (Wildman–Crippen LogP) is 3.95. The summed E-state index contributed by atoms with van der Waals surface area (Å²) in [6.45, 7) is 4.83. The van der Waals surface area contributed by atoms with Gasteiger partial charge < -0.3 is 15.1 Å². The zero-order valence-electron chi connectivity index (χ0n) is 20.6. The molecule has 0 unspecified atom stereocenters. The number of rotatable bonds is 5. The largest absolute Gasteiger partial charge is 0.354 e. The predicted molar refractivity (Wildman–Crippen MR) is 143 cm³/mol. The van der Waals surface area contributed by atoms with Gasteiger partial charge in [-0.05, 0) is 61.2 Å². The van der Waals surface area contributed by atoms with Crippen LogP contribution in [-0.2, 0) is 13.0 Å². The maximum Gasteiger partial charge on any atom is 0.223 e. The minimum Gasteiger partial charge on any atom is -0.354 e. The number of nitrogens with zero attached hydrogens (tertiary/aromatic N) is 7. The van der Waals surface area contributed by atoms with E-state index >= 15 is 0 Å². The van der Waals surface area contributed by atoms with Crippen LogP contribution in [0.4, 0.5) is 11.8 Å². The van der Waals surface area contributed by atoms with Crippen LogP contribution in [0.1, 0.15) is 35.2 Å². The Morgan fingerprint density at radius 1 is 0.889 bits per heavy atom. The minimum absolute atomic E-state index is 0.640. The van der Waals surface area contributed by atoms with Crippen molar-refractivity contribution in [1.82, 2.24) is 29.8 Å². The molecule has 2 aliphatic rings. The molecule has 1 aliphatic carbocycles. The number of nitrogens with one attached hydrogen (secondary N) is 1. The van der Waals surface area contributed by atoms with Gasteiger partial charge in [-0.2, -0.15) is 0 Å². The zero-order chi connectivity index (χ0) is 24.3. The third-order valence-electron chi connectivity index (χ3n) is 6.99. The molecule has 182 valence electrons. The molecule has 1 fully saturated rings. The van der Waals surface area contributed by atoms with Crippen LogP contribution in [0.2, 0.25) is 0 Å². The van der Waals surface area contributed by atoms with Crippen LogP contribution in [0.5, 0.6) is 0 Å². The van der Waals surface area contributed by atoms with Crippen molar-refractivity contribution in [2.45, 2.75) is 25.8 Å². The lowest BCUT2D eigenvalue weighted by molar-refractivity contribution is 0.312. The van der Waals surface area contributed by atoms with Crippen LogP contribution in [0, 0.1) is 0 Å². The maximum absolute atomic E-state index is 4.90. The second-order valence-electron chi connectivity index (χ2n) is 9.49. The lowest BCUT2D eigenvalue weighted by Gasteiger charge is -2.33. The number of aromatic nitrogens is 5. The molecule has 0 amide bonds. The van der Waals surface area contributed by atoms with Crippen molar-refractivity contribution in [2.24, 2.45) is 0 Å². The normalized spacial score (nSPS) is 16.4. The summed E-state index contributed by atoms with van der Waals surface area (Å²) in [5, 5.41) is 3.39. The molecule has 1 saturated heterocycles. The van der Waals surface area contributed by atoms with Gasteiger partial charge >= 0.3 is 0 Å². The first-order chi connectivity index (χ1) is 17.7. The highest BCUT2D eigenvalue weighted by atomic mass is 15.3. The van der Waals surface area contributed by atoms with Crippen LogP contribution in [0.25, 0.3) is 16.6 Å². The Kier molecular flexibility index (Phi) is 6.26. The van der Waals surface area contributed by atoms with Crippen molar-refractivity contribution in [3.05, 3.63) is 83.6 Å². The van der Waals surface area contributed by atoms with Crippen molar-refractivity contribution >= 4 is 28.4 Å². The van der Waals surface area contributed by atoms with Crippen molar-refractivity contribution < 1.29 is 0 Å². The van der Waals surface area contributed by atoms with Gasteiger partial charge in [-0.3, -0.25) is 9.97 Å². The van der Waals surface area contributed by atoms with E-state index in [1.165, 1.54) is 5.57 Å². The molecule has 0 radical (unpaired) electrons. The molecule has 1 N–H and O–H groups in total. The molecule has 1 aliphatic heterocycles. The lowest BCUT2D eigenvalue weighted by atomic mass is 9.97. The molecule has 1 aromatic carbocycles. The molecule has 0 atom stereocenters. The first kappa shape index (κ1) is 22.5. The molecule has 4 heterocycles. The van der Waals surface area contributed by atoms with E-state index < -0.39 is 0 Å². The van der Waals surface area contributed by atoms with E-state index in [4.69, 9.17) is 9.97 Å². The molecule has 0 saturated carbocycles. The summed E-state index contributed by atoms with van der Waals surface area (Å²) in [5.74, 6) is 1.70. The van der Waals surface area contributed by atoms with Crippen molar-refractivity contribution in [3.63, 3.8) is 0 Å². The molecule has 8 heteroatoms. The molecule has 8 nitrogen and oxygen atoms in total. The third kappa shape index (κ3) is 4.77. The van der Waals surface area contributed by atoms with E-state index in [2.05, 4.69) is 67.5 Å². The molecule has 4 aromatic rings. The molecule has 6 rings (SSSR count). The number of benzene rings is 1. The quantitative estimate of drug-likeness (QED) is 0.462. The lowest BCUT2D eigenvalue weighted by Crippen LogP contribution is -2.44. The summed E-state index contributed by atoms with van der Waals surface area (Å²) in [6, 6.07) is 10.5. The van der Waals surface area contributed by atoms with E-state index in [0.717, 1.165) is 84.7 Å². The number of pyridine rings is 1. The van der Waals surface area contributed by atoms with E-state index in [1.807, 2.05) is 18.5 Å². The Balaban J connectivity index is 1.17. The molecular formula is C28H30N8. The van der Waals surface area contributed by atoms with Crippen LogP contribution >= 0.6 is 0 Å². The van der Waals surface area contributed by atoms with Gasteiger partial charge in [0.2, 0.25) is 5.95 Å². The van der Waals surface area contributed by atoms with E-state index in [9.17, 15) is 0 Å². The van der Waals surface area contributed by atoms with E-state index in [-0.39, 0.29) is 0 Å². The number of fused-ring (bicyclic) bond motifs is 2. The standard InChI is InChI=1S/C28H30N8/c1-35-12-14-36(15-13-35)27-9-6-20(17-31-27)18-32-28-33-19-23-22(4-2-3-5-24(23)34-28)21-7-8-25-26(16-21)30-11-10-29-25/h4,6-11,16-17,19H,2-3,5,12-15,18H2,1H3,(H,32,33,34). The van der Waals surface area contributed by atoms with Crippen molar-refractivity contribution in [1.29, 1.82) is 0 Å². The van der Waals surface area contributed by atoms with E-state index in [1.54, 1.807) is 12.4 Å². The molecule has 36 heavy (non-hydrogen) atoms. The van der Waals surface area contributed by atoms with Gasteiger partial charge in [-0.1, -0.05) is 18.2 Å². The number of hydrogen-bond donors (Lipinski definition) is 1. The summed E-state index contributed by atoms with van der Waals surface area (Å²) in [4.78, 5) is 27.8. The van der Waals surface area contributed by atoms with Crippen LogP contribution in [0.3, 0.4) is 0 Å². The average Bonchev–Trinajstić information content (AvgIpc) is 3.14. The van der Waals surface area contributed by atoms with Crippen molar-refractivity contribution in [3.8, 4) is 0 Å². The third-order valence-corrected chi connectivity index (χ3v) is 6.99. The van der Waals surface area contributed by atoms with Gasteiger partial charge in [0, 0.05) is 63.1 Å². The number of hydrogen-bond acceptors (Lipinski definition) is 8. The average molecular weight is 479 g/mol. The number of aryl methyl sites for hydroxylation is 1. The molecule has 3 aromatic heterocycles. The second kappa shape index (κ2) is 9.99. The van der Waals surface area contributed by atoms with E-state index in [0.29, 0.717) is 12.5 Å². The van der Waals surface area contributed by atoms with Gasteiger partial charge in [0.05, 0.1) is 16.7 Å². The number of likely N-dealkylation sites (N-methyl/N-ethyl adjacent to an activating group) is 1. The molecule has 0 bridgehead atoms. The molecule has 0 spiro atoms. The summed E-state index contributed by atoms with van der Waals surface area (Å²) in [6.07, 6.45) is 12.7. The Morgan fingerprint density at radius 2 is 1.75 bits per heavy atom. The van der Waals surface area contributed by atoms with Gasteiger partial charge in [0.15, 0.2) is 0 Å². The minimum atomic E-state index is 0.640. The first-order valence-electron chi connectivity index (χ1n) is 12.6. The van der Waals surface area contributed by atoms with Crippen LogP contribution < -0.4 is 10.2 Å². The van der Waals surface area contributed by atoms with Crippen molar-refractivity contribution in [2.75, 3.05) is 43.4 Å².